The van der Waals surface area contributed by atoms with Crippen molar-refractivity contribution in [1.29, 1.82) is 0 Å². The van der Waals surface area contributed by atoms with E-state index in [9.17, 15) is 4.79 Å². The predicted octanol–water partition coefficient (Wildman–Crippen LogP) is 2.86. The van der Waals surface area contributed by atoms with Gasteiger partial charge in [-0.25, -0.2) is 0 Å². The Morgan fingerprint density at radius 2 is 2.14 bits per heavy atom. The van der Waals surface area contributed by atoms with E-state index < -0.39 is 0 Å². The molecule has 3 rings (SSSR count). The molecule has 114 valence electrons. The Morgan fingerprint density at radius 3 is 2.76 bits per heavy atom. The van der Waals surface area contributed by atoms with E-state index in [2.05, 4.69) is 11.9 Å². The second-order valence-electron chi connectivity index (χ2n) is 6.90. The van der Waals surface area contributed by atoms with E-state index >= 15 is 0 Å². The van der Waals surface area contributed by atoms with Gasteiger partial charge in [0, 0.05) is 30.3 Å². The minimum absolute atomic E-state index is 0.180. The average molecular weight is 288 g/mol. The second kappa shape index (κ2) is 5.00. The first-order chi connectivity index (χ1) is 9.94. The zero-order valence-electron chi connectivity index (χ0n) is 13.4. The fourth-order valence-corrected chi connectivity index (χ4v) is 3.65. The lowest BCUT2D eigenvalue weighted by molar-refractivity contribution is -0.128. The highest BCUT2D eigenvalue weighted by Crippen LogP contribution is 2.51. The summed E-state index contributed by atoms with van der Waals surface area (Å²) in [7, 11) is 1.68. The molecule has 0 bridgehead atoms. The van der Waals surface area contributed by atoms with Gasteiger partial charge >= 0.3 is 0 Å². The number of methoxy groups -OCH3 is 1. The molecule has 1 saturated heterocycles. The molecule has 1 aliphatic carbocycles. The number of hydrogen-bond acceptors (Lipinski definition) is 3. The summed E-state index contributed by atoms with van der Waals surface area (Å²) in [5, 5.41) is 0. The topological polar surface area (TPSA) is 42.4 Å². The summed E-state index contributed by atoms with van der Waals surface area (Å²) in [4.78, 5) is 18.8. The van der Waals surface area contributed by atoms with Gasteiger partial charge in [0.15, 0.2) is 0 Å². The summed E-state index contributed by atoms with van der Waals surface area (Å²) in [6.07, 6.45) is 5.10. The normalized spacial score (nSPS) is 25.5. The van der Waals surface area contributed by atoms with Gasteiger partial charge in [0.2, 0.25) is 5.91 Å². The first-order valence-corrected chi connectivity index (χ1v) is 7.71. The third kappa shape index (κ3) is 2.52. The number of carbonyl (C=O) groups is 1. The highest BCUT2D eigenvalue weighted by atomic mass is 16.5. The Bertz CT molecular complexity index is 580. The number of amides is 1. The summed E-state index contributed by atoms with van der Waals surface area (Å²) < 4.78 is 5.45. The number of likely N-dealkylation sites (tertiary alicyclic amines) is 1. The molecule has 21 heavy (non-hydrogen) atoms. The van der Waals surface area contributed by atoms with Gasteiger partial charge in [-0.1, -0.05) is 6.92 Å². The highest BCUT2D eigenvalue weighted by molar-refractivity contribution is 5.79. The minimum Gasteiger partial charge on any atom is -0.496 e. The Labute approximate surface area is 126 Å². The number of rotatable bonds is 4. The molecule has 1 aromatic rings. The van der Waals surface area contributed by atoms with Crippen molar-refractivity contribution in [1.82, 2.24) is 9.88 Å². The number of pyridine rings is 1. The monoisotopic (exact) mass is 288 g/mol. The minimum atomic E-state index is 0.180. The molecule has 1 saturated carbocycles. The molecule has 2 aliphatic rings. The smallest absolute Gasteiger partial charge is 0.223 e. The van der Waals surface area contributed by atoms with Gasteiger partial charge in [-0.3, -0.25) is 9.78 Å². The van der Waals surface area contributed by atoms with E-state index in [1.165, 1.54) is 12.8 Å². The predicted molar refractivity (Wildman–Crippen MR) is 81.1 cm³/mol. The molecule has 1 aromatic heterocycles. The van der Waals surface area contributed by atoms with Crippen molar-refractivity contribution >= 4 is 5.91 Å². The highest BCUT2D eigenvalue weighted by Gasteiger charge is 2.49. The van der Waals surface area contributed by atoms with Crippen LogP contribution in [0.2, 0.25) is 0 Å². The van der Waals surface area contributed by atoms with Crippen LogP contribution < -0.4 is 4.74 Å². The molecular weight excluding hydrogens is 264 g/mol. The van der Waals surface area contributed by atoms with Crippen molar-refractivity contribution in [3.8, 4) is 5.75 Å². The van der Waals surface area contributed by atoms with Crippen molar-refractivity contribution in [2.75, 3.05) is 13.7 Å². The zero-order valence-corrected chi connectivity index (χ0v) is 13.4. The maximum atomic E-state index is 12.3. The van der Waals surface area contributed by atoms with Crippen LogP contribution in [0.5, 0.6) is 5.75 Å². The number of aryl methyl sites for hydroxylation is 1. The maximum Gasteiger partial charge on any atom is 0.223 e. The SMILES string of the molecule is COc1c(C)cnc(CN2CC(C)(C3CC3)CC2=O)c1C. The van der Waals surface area contributed by atoms with Gasteiger partial charge in [0.25, 0.3) is 0 Å². The Balaban J connectivity index is 1.79. The van der Waals surface area contributed by atoms with Crippen LogP contribution in [0.1, 0.15) is 43.0 Å². The van der Waals surface area contributed by atoms with E-state index in [1.807, 2.05) is 24.9 Å². The lowest BCUT2D eigenvalue weighted by atomic mass is 9.84. The van der Waals surface area contributed by atoms with Crippen molar-refractivity contribution in [3.05, 3.63) is 23.0 Å². The molecule has 1 amide bonds. The van der Waals surface area contributed by atoms with E-state index in [0.29, 0.717) is 13.0 Å². The Morgan fingerprint density at radius 1 is 1.43 bits per heavy atom. The molecule has 1 aliphatic heterocycles. The number of aromatic nitrogens is 1. The first-order valence-electron chi connectivity index (χ1n) is 7.71. The van der Waals surface area contributed by atoms with Crippen LogP contribution in [-0.4, -0.2) is 29.4 Å². The quantitative estimate of drug-likeness (QED) is 0.855. The molecule has 0 aromatic carbocycles. The van der Waals surface area contributed by atoms with Crippen LogP contribution in [0, 0.1) is 25.2 Å². The molecule has 0 radical (unpaired) electrons. The van der Waals surface area contributed by atoms with Crippen LogP contribution in [0.25, 0.3) is 0 Å². The summed E-state index contributed by atoms with van der Waals surface area (Å²) in [6, 6.07) is 0. The summed E-state index contributed by atoms with van der Waals surface area (Å²) in [5.74, 6) is 1.90. The van der Waals surface area contributed by atoms with Crippen molar-refractivity contribution in [2.24, 2.45) is 11.3 Å². The molecule has 2 fully saturated rings. The fraction of sp³-hybridized carbons (Fsp3) is 0.647. The summed E-state index contributed by atoms with van der Waals surface area (Å²) >= 11 is 0. The Kier molecular flexibility index (Phi) is 3.42. The zero-order chi connectivity index (χ0) is 15.2. The average Bonchev–Trinajstić information content (AvgIpc) is 3.22. The lowest BCUT2D eigenvalue weighted by Gasteiger charge is -2.24. The van der Waals surface area contributed by atoms with E-state index in [4.69, 9.17) is 4.74 Å². The van der Waals surface area contributed by atoms with Crippen molar-refractivity contribution in [2.45, 2.75) is 46.6 Å². The number of ether oxygens (including phenoxy) is 1. The molecule has 2 heterocycles. The first kappa shape index (κ1) is 14.4. The van der Waals surface area contributed by atoms with Gasteiger partial charge in [-0.2, -0.15) is 0 Å². The molecule has 1 unspecified atom stereocenters. The largest absolute Gasteiger partial charge is 0.496 e. The standard InChI is InChI=1S/C17H24N2O2/c1-11-8-18-14(12(2)16(11)21-4)9-19-10-17(3,7-15(19)20)13-5-6-13/h8,13H,5-7,9-10H2,1-4H3. The fourth-order valence-electron chi connectivity index (χ4n) is 3.65. The lowest BCUT2D eigenvalue weighted by Crippen LogP contribution is -2.28. The van der Waals surface area contributed by atoms with Gasteiger partial charge in [0.1, 0.15) is 5.75 Å². The van der Waals surface area contributed by atoms with Crippen molar-refractivity contribution < 1.29 is 9.53 Å². The van der Waals surface area contributed by atoms with Gasteiger partial charge < -0.3 is 9.64 Å². The molecule has 4 nitrogen and oxygen atoms in total. The van der Waals surface area contributed by atoms with Crippen LogP contribution in [0.15, 0.2) is 6.20 Å². The summed E-state index contributed by atoms with van der Waals surface area (Å²) in [6.45, 7) is 7.75. The van der Waals surface area contributed by atoms with Crippen LogP contribution in [0.4, 0.5) is 0 Å². The third-order valence-electron chi connectivity index (χ3n) is 5.11. The molecule has 0 spiro atoms. The third-order valence-corrected chi connectivity index (χ3v) is 5.11. The van der Waals surface area contributed by atoms with E-state index in [-0.39, 0.29) is 11.3 Å². The number of carbonyl (C=O) groups excluding carboxylic acids is 1. The molecular formula is C17H24N2O2. The van der Waals surface area contributed by atoms with E-state index in [0.717, 1.165) is 35.0 Å². The van der Waals surface area contributed by atoms with Gasteiger partial charge in [-0.05, 0) is 38.0 Å². The second-order valence-corrected chi connectivity index (χ2v) is 6.90. The van der Waals surface area contributed by atoms with Crippen LogP contribution in [0.3, 0.4) is 0 Å². The van der Waals surface area contributed by atoms with Crippen molar-refractivity contribution in [3.63, 3.8) is 0 Å². The van der Waals surface area contributed by atoms with Gasteiger partial charge in [0.05, 0.1) is 19.3 Å². The molecule has 0 N–H and O–H groups in total. The summed E-state index contributed by atoms with van der Waals surface area (Å²) in [5.41, 5.74) is 3.21. The Hall–Kier alpha value is -1.58. The maximum absolute atomic E-state index is 12.3. The van der Waals surface area contributed by atoms with Crippen LogP contribution >= 0.6 is 0 Å². The number of nitrogens with zero attached hydrogens (tertiary/aromatic N) is 2. The van der Waals surface area contributed by atoms with Gasteiger partial charge in [-0.15, -0.1) is 0 Å². The molecule has 1 atom stereocenters. The number of hydrogen-bond donors (Lipinski definition) is 0. The molecule has 4 heteroatoms. The van der Waals surface area contributed by atoms with E-state index in [1.54, 1.807) is 7.11 Å². The van der Waals surface area contributed by atoms with Crippen LogP contribution in [-0.2, 0) is 11.3 Å².